The van der Waals surface area contributed by atoms with Gasteiger partial charge in [0.05, 0.1) is 6.61 Å². The van der Waals surface area contributed by atoms with E-state index < -0.39 is 0 Å². The molecule has 0 spiro atoms. The highest BCUT2D eigenvalue weighted by atomic mass is 16.5. The standard InChI is InChI=1S/C15H24N2O2/c1-3-4-10-16-15(18)17-11-7-12-19-14-9-6-5-8-13(14)2/h5-6,8-9H,3-4,7,10-12H2,1-2H3,(H2,16,17,18). The van der Waals surface area contributed by atoms with Crippen molar-refractivity contribution in [3.8, 4) is 5.75 Å². The number of nitrogens with one attached hydrogen (secondary N) is 2. The molecule has 4 nitrogen and oxygen atoms in total. The molecular formula is C15H24N2O2. The molecule has 4 heteroatoms. The van der Waals surface area contributed by atoms with Crippen molar-refractivity contribution in [1.82, 2.24) is 10.6 Å². The van der Waals surface area contributed by atoms with Crippen molar-refractivity contribution in [3.63, 3.8) is 0 Å². The van der Waals surface area contributed by atoms with Crippen LogP contribution in [-0.2, 0) is 0 Å². The molecule has 0 saturated heterocycles. The fraction of sp³-hybridized carbons (Fsp3) is 0.533. The van der Waals surface area contributed by atoms with Crippen molar-refractivity contribution < 1.29 is 9.53 Å². The topological polar surface area (TPSA) is 50.4 Å². The Hall–Kier alpha value is -1.71. The van der Waals surface area contributed by atoms with Gasteiger partial charge in [0.2, 0.25) is 0 Å². The van der Waals surface area contributed by atoms with Crippen molar-refractivity contribution in [2.45, 2.75) is 33.1 Å². The molecule has 0 aliphatic carbocycles. The van der Waals surface area contributed by atoms with Crippen molar-refractivity contribution in [3.05, 3.63) is 29.8 Å². The van der Waals surface area contributed by atoms with Gasteiger partial charge in [0.15, 0.2) is 0 Å². The minimum absolute atomic E-state index is 0.0932. The Morgan fingerprint density at radius 2 is 1.84 bits per heavy atom. The first kappa shape index (κ1) is 15.3. The third kappa shape index (κ3) is 6.70. The van der Waals surface area contributed by atoms with Gasteiger partial charge in [-0.25, -0.2) is 4.79 Å². The smallest absolute Gasteiger partial charge is 0.314 e. The fourth-order valence-electron chi connectivity index (χ4n) is 1.62. The van der Waals surface area contributed by atoms with Crippen LogP contribution in [0.4, 0.5) is 4.79 Å². The lowest BCUT2D eigenvalue weighted by Crippen LogP contribution is -2.36. The van der Waals surface area contributed by atoms with Crippen LogP contribution in [0.3, 0.4) is 0 Å². The molecule has 0 unspecified atom stereocenters. The first-order valence-corrected chi connectivity index (χ1v) is 6.94. The highest BCUT2D eigenvalue weighted by molar-refractivity contribution is 5.73. The molecule has 106 valence electrons. The van der Waals surface area contributed by atoms with E-state index in [9.17, 15) is 4.79 Å². The third-order valence-electron chi connectivity index (χ3n) is 2.77. The molecule has 0 bridgehead atoms. The van der Waals surface area contributed by atoms with E-state index in [4.69, 9.17) is 4.74 Å². The van der Waals surface area contributed by atoms with Gasteiger partial charge >= 0.3 is 6.03 Å². The summed E-state index contributed by atoms with van der Waals surface area (Å²) in [5.74, 6) is 0.912. The molecule has 0 aliphatic rings. The molecule has 2 amide bonds. The van der Waals surface area contributed by atoms with Gasteiger partial charge in [-0.3, -0.25) is 0 Å². The molecule has 0 aromatic heterocycles. The van der Waals surface area contributed by atoms with E-state index in [0.717, 1.165) is 37.1 Å². The Morgan fingerprint density at radius 3 is 2.53 bits per heavy atom. The SMILES string of the molecule is CCCCNC(=O)NCCCOc1ccccc1C. The molecule has 19 heavy (non-hydrogen) atoms. The number of carbonyl (C=O) groups is 1. The number of hydrogen-bond donors (Lipinski definition) is 2. The molecule has 0 aliphatic heterocycles. The number of amides is 2. The maximum absolute atomic E-state index is 11.3. The van der Waals surface area contributed by atoms with Gasteiger partial charge in [0.1, 0.15) is 5.75 Å². The Balaban J connectivity index is 2.05. The molecule has 0 fully saturated rings. The average molecular weight is 264 g/mol. The second kappa shape index (κ2) is 9.25. The van der Waals surface area contributed by atoms with Crippen LogP contribution >= 0.6 is 0 Å². The predicted molar refractivity (Wildman–Crippen MR) is 77.6 cm³/mol. The van der Waals surface area contributed by atoms with Crippen LogP contribution in [0.2, 0.25) is 0 Å². The van der Waals surface area contributed by atoms with Crippen LogP contribution in [0, 0.1) is 6.92 Å². The highest BCUT2D eigenvalue weighted by Crippen LogP contribution is 2.15. The summed E-state index contributed by atoms with van der Waals surface area (Å²) < 4.78 is 5.65. The van der Waals surface area contributed by atoms with E-state index in [2.05, 4.69) is 17.6 Å². The first-order chi connectivity index (χ1) is 9.24. The number of hydrogen-bond acceptors (Lipinski definition) is 2. The van der Waals surface area contributed by atoms with Crippen molar-refractivity contribution in [2.75, 3.05) is 19.7 Å². The Labute approximate surface area is 115 Å². The van der Waals surface area contributed by atoms with Crippen LogP contribution in [0.1, 0.15) is 31.7 Å². The van der Waals surface area contributed by atoms with Gasteiger partial charge in [-0.15, -0.1) is 0 Å². The molecular weight excluding hydrogens is 240 g/mol. The largest absolute Gasteiger partial charge is 0.493 e. The summed E-state index contributed by atoms with van der Waals surface area (Å²) >= 11 is 0. The fourth-order valence-corrected chi connectivity index (χ4v) is 1.62. The molecule has 0 radical (unpaired) electrons. The number of carbonyl (C=O) groups excluding carboxylic acids is 1. The molecule has 1 rings (SSSR count). The zero-order valence-corrected chi connectivity index (χ0v) is 11.9. The minimum atomic E-state index is -0.0932. The second-order valence-corrected chi connectivity index (χ2v) is 4.50. The molecule has 0 heterocycles. The van der Waals surface area contributed by atoms with E-state index >= 15 is 0 Å². The minimum Gasteiger partial charge on any atom is -0.493 e. The number of urea groups is 1. The summed E-state index contributed by atoms with van der Waals surface area (Å²) in [7, 11) is 0. The molecule has 2 N–H and O–H groups in total. The third-order valence-corrected chi connectivity index (χ3v) is 2.77. The van der Waals surface area contributed by atoms with E-state index in [1.165, 1.54) is 0 Å². The average Bonchev–Trinajstić information content (AvgIpc) is 2.41. The Bertz CT molecular complexity index is 380. The van der Waals surface area contributed by atoms with Gasteiger partial charge in [0, 0.05) is 13.1 Å². The van der Waals surface area contributed by atoms with E-state index in [1.54, 1.807) is 0 Å². The van der Waals surface area contributed by atoms with Crippen molar-refractivity contribution >= 4 is 6.03 Å². The monoisotopic (exact) mass is 264 g/mol. The van der Waals surface area contributed by atoms with Gasteiger partial charge < -0.3 is 15.4 Å². The Morgan fingerprint density at radius 1 is 1.16 bits per heavy atom. The molecule has 1 aromatic carbocycles. The lowest BCUT2D eigenvalue weighted by Gasteiger charge is -2.09. The Kier molecular flexibility index (Phi) is 7.47. The zero-order chi connectivity index (χ0) is 13.9. The molecule has 0 saturated carbocycles. The van der Waals surface area contributed by atoms with Gasteiger partial charge in [0.25, 0.3) is 0 Å². The summed E-state index contributed by atoms with van der Waals surface area (Å²) in [5.41, 5.74) is 1.13. The van der Waals surface area contributed by atoms with Gasteiger partial charge in [-0.05, 0) is 31.4 Å². The van der Waals surface area contributed by atoms with Crippen LogP contribution in [0.15, 0.2) is 24.3 Å². The summed E-state index contributed by atoms with van der Waals surface area (Å²) in [6.07, 6.45) is 2.91. The lowest BCUT2D eigenvalue weighted by molar-refractivity contribution is 0.239. The summed E-state index contributed by atoms with van der Waals surface area (Å²) in [5, 5.41) is 5.62. The highest BCUT2D eigenvalue weighted by Gasteiger charge is 1.99. The first-order valence-electron chi connectivity index (χ1n) is 6.94. The van der Waals surface area contributed by atoms with Gasteiger partial charge in [-0.2, -0.15) is 0 Å². The summed E-state index contributed by atoms with van der Waals surface area (Å²) in [6.45, 7) is 6.10. The normalized spacial score (nSPS) is 10.0. The van der Waals surface area contributed by atoms with E-state index in [0.29, 0.717) is 13.2 Å². The lowest BCUT2D eigenvalue weighted by atomic mass is 10.2. The predicted octanol–water partition coefficient (Wildman–Crippen LogP) is 2.86. The van der Waals surface area contributed by atoms with Crippen molar-refractivity contribution in [1.29, 1.82) is 0 Å². The van der Waals surface area contributed by atoms with Crippen LogP contribution in [-0.4, -0.2) is 25.7 Å². The zero-order valence-electron chi connectivity index (χ0n) is 11.9. The number of para-hydroxylation sites is 1. The molecule has 0 atom stereocenters. The van der Waals surface area contributed by atoms with Crippen LogP contribution in [0.25, 0.3) is 0 Å². The number of unbranched alkanes of at least 4 members (excludes halogenated alkanes) is 1. The summed E-state index contributed by atoms with van der Waals surface area (Å²) in [4.78, 5) is 11.3. The van der Waals surface area contributed by atoms with E-state index in [-0.39, 0.29) is 6.03 Å². The van der Waals surface area contributed by atoms with Crippen LogP contribution < -0.4 is 15.4 Å². The van der Waals surface area contributed by atoms with E-state index in [1.807, 2.05) is 31.2 Å². The number of aryl methyl sites for hydroxylation is 1. The van der Waals surface area contributed by atoms with Gasteiger partial charge in [-0.1, -0.05) is 31.5 Å². The van der Waals surface area contributed by atoms with Crippen molar-refractivity contribution in [2.24, 2.45) is 0 Å². The number of ether oxygens (including phenoxy) is 1. The number of rotatable bonds is 8. The maximum atomic E-state index is 11.3. The summed E-state index contributed by atoms with van der Waals surface area (Å²) in [6, 6.07) is 7.84. The molecule has 1 aromatic rings. The quantitative estimate of drug-likeness (QED) is 0.709. The van der Waals surface area contributed by atoms with Crippen LogP contribution in [0.5, 0.6) is 5.75 Å². The second-order valence-electron chi connectivity index (χ2n) is 4.50. The number of benzene rings is 1. The maximum Gasteiger partial charge on any atom is 0.314 e.